The van der Waals surface area contributed by atoms with E-state index >= 15 is 0 Å². The Morgan fingerprint density at radius 2 is 2.14 bits per heavy atom. The molecule has 7 heteroatoms. The highest BCUT2D eigenvalue weighted by molar-refractivity contribution is 7.87. The van der Waals surface area contributed by atoms with Crippen LogP contribution in [0.3, 0.4) is 0 Å². The van der Waals surface area contributed by atoms with Gasteiger partial charge in [-0.05, 0) is 37.0 Å². The van der Waals surface area contributed by atoms with Crippen LogP contribution in [0.25, 0.3) is 0 Å². The van der Waals surface area contributed by atoms with Crippen LogP contribution in [0.1, 0.15) is 24.8 Å². The summed E-state index contributed by atoms with van der Waals surface area (Å²) < 4.78 is 33.4. The van der Waals surface area contributed by atoms with E-state index in [4.69, 9.17) is 10.5 Å². The fraction of sp³-hybridized carbons (Fsp3) is 0.571. The van der Waals surface area contributed by atoms with Crippen molar-refractivity contribution in [2.45, 2.75) is 31.3 Å². The Hall–Kier alpha value is -1.15. The number of hydrogen-bond donors (Lipinski definition) is 2. The summed E-state index contributed by atoms with van der Waals surface area (Å²) in [6.07, 6.45) is 2.81. The van der Waals surface area contributed by atoms with Crippen molar-refractivity contribution in [2.24, 2.45) is 5.73 Å². The second kappa shape index (κ2) is 6.31. The van der Waals surface area contributed by atoms with Crippen LogP contribution in [0.2, 0.25) is 0 Å². The molecule has 1 aromatic carbocycles. The molecule has 118 valence electrons. The predicted octanol–water partition coefficient (Wildman–Crippen LogP) is 0.843. The van der Waals surface area contributed by atoms with Crippen molar-refractivity contribution in [1.82, 2.24) is 9.03 Å². The topological polar surface area (TPSA) is 84.7 Å². The van der Waals surface area contributed by atoms with Crippen LogP contribution >= 0.6 is 0 Å². The summed E-state index contributed by atoms with van der Waals surface area (Å²) in [5, 5.41) is 0. The second-order valence-corrected chi connectivity index (χ2v) is 7.51. The van der Waals surface area contributed by atoms with Crippen LogP contribution in [0, 0.1) is 0 Å². The highest BCUT2D eigenvalue weighted by Gasteiger charge is 2.34. The van der Waals surface area contributed by atoms with Crippen molar-refractivity contribution in [3.63, 3.8) is 0 Å². The summed E-state index contributed by atoms with van der Waals surface area (Å²) in [6.45, 7) is 0.571. The number of rotatable bonds is 7. The summed E-state index contributed by atoms with van der Waals surface area (Å²) >= 11 is 0. The van der Waals surface area contributed by atoms with Gasteiger partial charge in [-0.2, -0.15) is 12.7 Å². The molecular formula is C14H23N3O3S. The average Bonchev–Trinajstić information content (AvgIpc) is 2.43. The number of nitrogens with two attached hydrogens (primary N) is 1. The van der Waals surface area contributed by atoms with Gasteiger partial charge in [0.05, 0.1) is 7.11 Å². The Morgan fingerprint density at radius 3 is 2.71 bits per heavy atom. The first kappa shape index (κ1) is 16.2. The number of hydrogen-bond acceptors (Lipinski definition) is 4. The highest BCUT2D eigenvalue weighted by Crippen LogP contribution is 2.28. The molecule has 2 rings (SSSR count). The smallest absolute Gasteiger partial charge is 0.279 e. The van der Waals surface area contributed by atoms with Crippen LogP contribution < -0.4 is 15.2 Å². The normalized spacial score (nSPS) is 17.5. The van der Waals surface area contributed by atoms with E-state index in [2.05, 4.69) is 4.72 Å². The van der Waals surface area contributed by atoms with Crippen molar-refractivity contribution in [2.75, 3.05) is 20.7 Å². The van der Waals surface area contributed by atoms with Crippen molar-refractivity contribution < 1.29 is 13.2 Å². The summed E-state index contributed by atoms with van der Waals surface area (Å²) in [5.41, 5.74) is 6.54. The third-order valence-electron chi connectivity index (χ3n) is 3.91. The van der Waals surface area contributed by atoms with Gasteiger partial charge < -0.3 is 10.5 Å². The minimum Gasteiger partial charge on any atom is -0.497 e. The number of benzene rings is 1. The van der Waals surface area contributed by atoms with Gasteiger partial charge in [-0.1, -0.05) is 12.1 Å². The van der Waals surface area contributed by atoms with Gasteiger partial charge in [-0.3, -0.25) is 0 Å². The molecule has 1 aromatic rings. The molecule has 1 aliphatic rings. The van der Waals surface area contributed by atoms with Crippen LogP contribution in [0.4, 0.5) is 0 Å². The monoisotopic (exact) mass is 313 g/mol. The fourth-order valence-electron chi connectivity index (χ4n) is 2.27. The van der Waals surface area contributed by atoms with E-state index in [1.807, 2.05) is 24.3 Å². The first-order valence-corrected chi connectivity index (χ1v) is 8.41. The van der Waals surface area contributed by atoms with Crippen molar-refractivity contribution in [1.29, 1.82) is 0 Å². The van der Waals surface area contributed by atoms with Crippen molar-refractivity contribution in [3.8, 4) is 5.75 Å². The molecule has 0 aliphatic heterocycles. The quantitative estimate of drug-likeness (QED) is 0.781. The minimum absolute atomic E-state index is 0.282. The first-order chi connectivity index (χ1) is 9.85. The van der Waals surface area contributed by atoms with Crippen molar-refractivity contribution in [3.05, 3.63) is 29.8 Å². The maximum Gasteiger partial charge on any atom is 0.279 e. The molecule has 0 bridgehead atoms. The molecule has 1 aliphatic carbocycles. The zero-order valence-corrected chi connectivity index (χ0v) is 13.3. The van der Waals surface area contributed by atoms with E-state index in [1.54, 1.807) is 14.2 Å². The molecule has 0 spiro atoms. The SMILES string of the molecule is COc1cccc(CN(C)S(=O)(=O)NCC2(N)CCC2)c1. The Kier molecular flexibility index (Phi) is 4.88. The molecular weight excluding hydrogens is 290 g/mol. The number of nitrogens with zero attached hydrogens (tertiary/aromatic N) is 1. The number of nitrogens with one attached hydrogen (secondary N) is 1. The maximum atomic E-state index is 12.2. The van der Waals surface area contributed by atoms with Crippen LogP contribution in [0.15, 0.2) is 24.3 Å². The van der Waals surface area contributed by atoms with E-state index in [-0.39, 0.29) is 18.6 Å². The molecule has 1 fully saturated rings. The van der Waals surface area contributed by atoms with Gasteiger partial charge in [0.25, 0.3) is 10.2 Å². The first-order valence-electron chi connectivity index (χ1n) is 6.97. The standard InChI is InChI=1S/C14H23N3O3S/c1-17(10-12-5-3-6-13(9-12)20-2)21(18,19)16-11-14(15)7-4-8-14/h3,5-6,9,16H,4,7-8,10-11,15H2,1-2H3. The molecule has 0 atom stereocenters. The van der Waals surface area contributed by atoms with E-state index in [0.29, 0.717) is 5.75 Å². The zero-order valence-electron chi connectivity index (χ0n) is 12.5. The zero-order chi connectivity index (χ0) is 15.5. The van der Waals surface area contributed by atoms with Crippen LogP contribution in [0.5, 0.6) is 5.75 Å². The van der Waals surface area contributed by atoms with E-state index in [0.717, 1.165) is 24.8 Å². The molecule has 21 heavy (non-hydrogen) atoms. The molecule has 0 aromatic heterocycles. The largest absolute Gasteiger partial charge is 0.497 e. The molecule has 0 radical (unpaired) electrons. The minimum atomic E-state index is -3.52. The summed E-state index contributed by atoms with van der Waals surface area (Å²) in [7, 11) is -0.394. The van der Waals surface area contributed by atoms with Gasteiger partial charge in [-0.15, -0.1) is 0 Å². The van der Waals surface area contributed by atoms with Crippen LogP contribution in [-0.2, 0) is 16.8 Å². The Morgan fingerprint density at radius 1 is 1.43 bits per heavy atom. The van der Waals surface area contributed by atoms with E-state index in [1.165, 1.54) is 4.31 Å². The molecule has 1 saturated carbocycles. The number of methoxy groups -OCH3 is 1. The third-order valence-corrected chi connectivity index (χ3v) is 5.36. The molecule has 0 saturated heterocycles. The van der Waals surface area contributed by atoms with Gasteiger partial charge >= 0.3 is 0 Å². The highest BCUT2D eigenvalue weighted by atomic mass is 32.2. The Balaban J connectivity index is 1.95. The van der Waals surface area contributed by atoms with Gasteiger partial charge in [0.1, 0.15) is 5.75 Å². The lowest BCUT2D eigenvalue weighted by molar-refractivity contribution is 0.249. The lowest BCUT2D eigenvalue weighted by atomic mass is 9.78. The molecule has 6 nitrogen and oxygen atoms in total. The van der Waals surface area contributed by atoms with E-state index in [9.17, 15) is 8.42 Å². The van der Waals surface area contributed by atoms with E-state index < -0.39 is 10.2 Å². The lowest BCUT2D eigenvalue weighted by Gasteiger charge is -2.38. The van der Waals surface area contributed by atoms with Gasteiger partial charge in [0, 0.05) is 25.7 Å². The number of ether oxygens (including phenoxy) is 1. The Labute approximate surface area is 126 Å². The molecule has 0 heterocycles. The van der Waals surface area contributed by atoms with Crippen molar-refractivity contribution >= 4 is 10.2 Å². The molecule has 3 N–H and O–H groups in total. The maximum absolute atomic E-state index is 12.2. The predicted molar refractivity (Wildman–Crippen MR) is 82.2 cm³/mol. The average molecular weight is 313 g/mol. The van der Waals surface area contributed by atoms with Gasteiger partial charge in [0.15, 0.2) is 0 Å². The Bertz CT molecular complexity index is 585. The summed E-state index contributed by atoms with van der Waals surface area (Å²) in [5.74, 6) is 0.710. The summed E-state index contributed by atoms with van der Waals surface area (Å²) in [4.78, 5) is 0. The fourth-order valence-corrected chi connectivity index (χ4v) is 3.27. The third kappa shape index (κ3) is 4.16. The second-order valence-electron chi connectivity index (χ2n) is 5.65. The van der Waals surface area contributed by atoms with Gasteiger partial charge in [0.2, 0.25) is 0 Å². The molecule has 0 amide bonds. The summed E-state index contributed by atoms with van der Waals surface area (Å²) in [6, 6.07) is 7.35. The van der Waals surface area contributed by atoms with Gasteiger partial charge in [-0.25, -0.2) is 4.72 Å². The molecule has 0 unspecified atom stereocenters. The van der Waals surface area contributed by atoms with Crippen LogP contribution in [-0.4, -0.2) is 39.0 Å². The lowest BCUT2D eigenvalue weighted by Crippen LogP contribution is -2.56.